The van der Waals surface area contributed by atoms with E-state index >= 15 is 0 Å². The molecule has 1 aromatic carbocycles. The van der Waals surface area contributed by atoms with Crippen molar-refractivity contribution >= 4 is 5.69 Å². The van der Waals surface area contributed by atoms with E-state index in [1.165, 1.54) is 17.0 Å². The first-order chi connectivity index (χ1) is 7.29. The van der Waals surface area contributed by atoms with Crippen LogP contribution in [-0.4, -0.2) is 4.57 Å². The summed E-state index contributed by atoms with van der Waals surface area (Å²) in [6.45, 7) is 7.94. The molecule has 0 spiro atoms. The molecule has 0 fully saturated rings. The van der Waals surface area contributed by atoms with Gasteiger partial charge in [-0.1, -0.05) is 12.1 Å². The molecule has 15 heavy (non-hydrogen) atoms. The molecule has 0 amide bonds. The SMILES string of the molecule is [C-]#[N+]c1ccc2c(c1)-c1n(cc[n+]1C)C2. The number of aromatic nitrogens is 2. The highest BCUT2D eigenvalue weighted by Gasteiger charge is 2.27. The van der Waals surface area contributed by atoms with Crippen LogP contribution in [0.25, 0.3) is 16.2 Å². The number of rotatable bonds is 0. The molecule has 0 bridgehead atoms. The fourth-order valence-corrected chi connectivity index (χ4v) is 2.16. The zero-order chi connectivity index (χ0) is 10.4. The van der Waals surface area contributed by atoms with Gasteiger partial charge in [-0.05, 0) is 6.07 Å². The standard InChI is InChI=1S/C12H10N3/c1-13-10-4-3-9-8-15-6-5-14(2)12(15)11(9)7-10/h3-7H,8H2,2H3/q+1. The number of hydrogen-bond donors (Lipinski definition) is 0. The molecule has 2 heterocycles. The van der Waals surface area contributed by atoms with E-state index in [2.05, 4.69) is 26.2 Å². The molecule has 1 aliphatic heterocycles. The Hall–Kier alpha value is -2.08. The van der Waals surface area contributed by atoms with Crippen molar-refractivity contribution in [1.82, 2.24) is 4.57 Å². The van der Waals surface area contributed by atoms with E-state index in [0.29, 0.717) is 5.69 Å². The summed E-state index contributed by atoms with van der Waals surface area (Å²) in [6.07, 6.45) is 4.12. The molecule has 0 saturated carbocycles. The number of aryl methyl sites for hydroxylation is 1. The Balaban J connectivity index is 2.30. The normalized spacial score (nSPS) is 12.0. The van der Waals surface area contributed by atoms with E-state index in [9.17, 15) is 0 Å². The molecule has 0 radical (unpaired) electrons. The average Bonchev–Trinajstić information content (AvgIpc) is 2.78. The van der Waals surface area contributed by atoms with Gasteiger partial charge in [0.1, 0.15) is 18.9 Å². The van der Waals surface area contributed by atoms with Crippen LogP contribution >= 0.6 is 0 Å². The molecule has 0 aliphatic carbocycles. The maximum atomic E-state index is 7.02. The molecule has 3 rings (SSSR count). The van der Waals surface area contributed by atoms with E-state index in [1.54, 1.807) is 0 Å². The third-order valence-corrected chi connectivity index (χ3v) is 2.88. The lowest BCUT2D eigenvalue weighted by molar-refractivity contribution is -0.659. The fourth-order valence-electron chi connectivity index (χ4n) is 2.16. The van der Waals surface area contributed by atoms with Gasteiger partial charge >= 0.3 is 0 Å². The Labute approximate surface area is 88.0 Å². The van der Waals surface area contributed by atoms with Crippen molar-refractivity contribution in [3.05, 3.63) is 47.6 Å². The molecule has 1 aliphatic rings. The smallest absolute Gasteiger partial charge is 0.238 e. The first-order valence-corrected chi connectivity index (χ1v) is 4.85. The minimum absolute atomic E-state index is 0.711. The van der Waals surface area contributed by atoms with E-state index in [4.69, 9.17) is 6.57 Å². The first-order valence-electron chi connectivity index (χ1n) is 4.85. The third kappa shape index (κ3) is 1.02. The van der Waals surface area contributed by atoms with Gasteiger partial charge in [0.15, 0.2) is 5.69 Å². The summed E-state index contributed by atoms with van der Waals surface area (Å²) in [5.41, 5.74) is 3.20. The molecule has 0 unspecified atom stereocenters. The first kappa shape index (κ1) is 8.25. The fraction of sp³-hybridized carbons (Fsp3) is 0.167. The van der Waals surface area contributed by atoms with E-state index < -0.39 is 0 Å². The number of fused-ring (bicyclic) bond motifs is 3. The van der Waals surface area contributed by atoms with Crippen molar-refractivity contribution < 1.29 is 4.57 Å². The second-order valence-electron chi connectivity index (χ2n) is 3.81. The Kier molecular flexibility index (Phi) is 1.49. The summed E-state index contributed by atoms with van der Waals surface area (Å²) in [5.74, 6) is 1.19. The zero-order valence-corrected chi connectivity index (χ0v) is 8.44. The van der Waals surface area contributed by atoms with Crippen molar-refractivity contribution in [2.75, 3.05) is 0 Å². The topological polar surface area (TPSA) is 13.2 Å². The van der Waals surface area contributed by atoms with Crippen LogP contribution in [0.1, 0.15) is 5.56 Å². The van der Waals surface area contributed by atoms with Crippen LogP contribution in [0.15, 0.2) is 30.6 Å². The zero-order valence-electron chi connectivity index (χ0n) is 8.44. The Morgan fingerprint density at radius 3 is 3.13 bits per heavy atom. The van der Waals surface area contributed by atoms with Crippen LogP contribution < -0.4 is 4.57 Å². The van der Waals surface area contributed by atoms with Gasteiger partial charge in [0, 0.05) is 5.56 Å². The van der Waals surface area contributed by atoms with Gasteiger partial charge in [-0.2, -0.15) is 0 Å². The lowest BCUT2D eigenvalue weighted by atomic mass is 10.1. The molecule has 3 nitrogen and oxygen atoms in total. The highest BCUT2D eigenvalue weighted by atomic mass is 15.1. The molecule has 72 valence electrons. The van der Waals surface area contributed by atoms with Crippen LogP contribution in [0.4, 0.5) is 5.69 Å². The molecule has 1 aromatic heterocycles. The average molecular weight is 196 g/mol. The van der Waals surface area contributed by atoms with E-state index in [-0.39, 0.29) is 0 Å². The maximum Gasteiger partial charge on any atom is 0.288 e. The van der Waals surface area contributed by atoms with Crippen molar-refractivity contribution in [2.24, 2.45) is 7.05 Å². The van der Waals surface area contributed by atoms with Crippen molar-refractivity contribution in [3.63, 3.8) is 0 Å². The lowest BCUT2D eigenvalue weighted by Gasteiger charge is -1.96. The van der Waals surface area contributed by atoms with Gasteiger partial charge in [-0.3, -0.25) is 0 Å². The minimum Gasteiger partial charge on any atom is -0.238 e. The van der Waals surface area contributed by atoms with Crippen LogP contribution in [0.3, 0.4) is 0 Å². The summed E-state index contributed by atoms with van der Waals surface area (Å²) in [4.78, 5) is 3.47. The van der Waals surface area contributed by atoms with Crippen molar-refractivity contribution in [2.45, 2.75) is 6.54 Å². The summed E-state index contributed by atoms with van der Waals surface area (Å²) < 4.78 is 4.30. The van der Waals surface area contributed by atoms with Crippen molar-refractivity contribution in [1.29, 1.82) is 0 Å². The van der Waals surface area contributed by atoms with Crippen LogP contribution in [-0.2, 0) is 13.6 Å². The summed E-state index contributed by atoms with van der Waals surface area (Å²) in [5, 5.41) is 0. The van der Waals surface area contributed by atoms with Gasteiger partial charge in [0.25, 0.3) is 5.82 Å². The molecular weight excluding hydrogens is 186 g/mol. The summed E-state index contributed by atoms with van der Waals surface area (Å²) in [7, 11) is 2.03. The third-order valence-electron chi connectivity index (χ3n) is 2.88. The summed E-state index contributed by atoms with van der Waals surface area (Å²) in [6, 6.07) is 5.91. The number of hydrogen-bond acceptors (Lipinski definition) is 0. The minimum atomic E-state index is 0.711. The number of benzene rings is 1. The monoisotopic (exact) mass is 196 g/mol. The van der Waals surface area contributed by atoms with Gasteiger partial charge in [-0.25, -0.2) is 14.0 Å². The van der Waals surface area contributed by atoms with E-state index in [0.717, 1.165) is 6.54 Å². The molecule has 3 heteroatoms. The second-order valence-corrected chi connectivity index (χ2v) is 3.81. The molecule has 0 N–H and O–H groups in total. The highest BCUT2D eigenvalue weighted by molar-refractivity contribution is 5.68. The molecular formula is C12H10N3+. The highest BCUT2D eigenvalue weighted by Crippen LogP contribution is 2.32. The van der Waals surface area contributed by atoms with Gasteiger partial charge in [-0.15, -0.1) is 0 Å². The second kappa shape index (κ2) is 2.71. The Bertz CT molecular complexity index is 587. The van der Waals surface area contributed by atoms with Crippen molar-refractivity contribution in [3.8, 4) is 11.4 Å². The van der Waals surface area contributed by atoms with E-state index in [1.807, 2.05) is 25.4 Å². The van der Waals surface area contributed by atoms with Crippen LogP contribution in [0, 0.1) is 6.57 Å². The Morgan fingerprint density at radius 1 is 1.47 bits per heavy atom. The lowest BCUT2D eigenvalue weighted by Crippen LogP contribution is -2.27. The Morgan fingerprint density at radius 2 is 2.33 bits per heavy atom. The van der Waals surface area contributed by atoms with Gasteiger partial charge in [0.2, 0.25) is 0 Å². The molecule has 0 atom stereocenters. The maximum absolute atomic E-state index is 7.02. The summed E-state index contributed by atoms with van der Waals surface area (Å²) >= 11 is 0. The molecule has 2 aromatic rings. The van der Waals surface area contributed by atoms with Gasteiger partial charge < -0.3 is 0 Å². The van der Waals surface area contributed by atoms with Crippen LogP contribution in [0.5, 0.6) is 0 Å². The number of nitrogens with zero attached hydrogens (tertiary/aromatic N) is 3. The predicted octanol–water partition coefficient (Wildman–Crippen LogP) is 1.89. The quantitative estimate of drug-likeness (QED) is 0.385. The molecule has 0 saturated heterocycles. The number of imidazole rings is 1. The predicted molar refractivity (Wildman–Crippen MR) is 56.4 cm³/mol. The largest absolute Gasteiger partial charge is 0.288 e. The van der Waals surface area contributed by atoms with Crippen LogP contribution in [0.2, 0.25) is 0 Å². The van der Waals surface area contributed by atoms with Gasteiger partial charge in [0.05, 0.1) is 19.2 Å².